The molecule has 0 bridgehead atoms. The molecule has 1 aromatic heterocycles. The second-order valence-electron chi connectivity index (χ2n) is 4.78. The molecule has 0 radical (unpaired) electrons. The molecule has 1 aromatic carbocycles. The van der Waals surface area contributed by atoms with Gasteiger partial charge >= 0.3 is 0 Å². The summed E-state index contributed by atoms with van der Waals surface area (Å²) in [6.07, 6.45) is 1.71. The molecule has 21 heavy (non-hydrogen) atoms. The third kappa shape index (κ3) is 4.18. The molecule has 0 saturated heterocycles. The number of ether oxygens (including phenoxy) is 1. The van der Waals surface area contributed by atoms with Crippen LogP contribution in [0, 0.1) is 0 Å². The maximum absolute atomic E-state index is 12.1. The molecule has 0 unspecified atom stereocenters. The highest BCUT2D eigenvalue weighted by molar-refractivity contribution is 5.29. The van der Waals surface area contributed by atoms with Crippen molar-refractivity contribution in [3.05, 3.63) is 64.1 Å². The number of hydrogen-bond acceptors (Lipinski definition) is 4. The first-order chi connectivity index (χ1) is 10.2. The maximum Gasteiger partial charge on any atom is 0.293 e. The molecule has 2 rings (SSSR count). The Morgan fingerprint density at radius 3 is 2.71 bits per heavy atom. The van der Waals surface area contributed by atoms with E-state index in [2.05, 4.69) is 5.32 Å². The summed E-state index contributed by atoms with van der Waals surface area (Å²) in [6.45, 7) is 2.15. The van der Waals surface area contributed by atoms with Crippen molar-refractivity contribution in [2.75, 3.05) is 20.3 Å². The van der Waals surface area contributed by atoms with Crippen molar-refractivity contribution in [2.24, 2.45) is 0 Å². The van der Waals surface area contributed by atoms with Crippen molar-refractivity contribution in [2.45, 2.75) is 13.1 Å². The van der Waals surface area contributed by atoms with Crippen molar-refractivity contribution < 1.29 is 9.84 Å². The van der Waals surface area contributed by atoms with Gasteiger partial charge in [0, 0.05) is 32.0 Å². The minimum Gasteiger partial charge on any atom is -0.503 e. The minimum absolute atomic E-state index is 0.196. The average molecular weight is 288 g/mol. The van der Waals surface area contributed by atoms with E-state index in [1.54, 1.807) is 19.4 Å². The number of nitrogens with one attached hydrogen (secondary N) is 1. The van der Waals surface area contributed by atoms with Gasteiger partial charge in [0.2, 0.25) is 0 Å². The van der Waals surface area contributed by atoms with Crippen LogP contribution in [0.1, 0.15) is 11.1 Å². The van der Waals surface area contributed by atoms with Crippen LogP contribution in [0.15, 0.2) is 47.4 Å². The molecule has 0 spiro atoms. The normalized spacial score (nSPS) is 10.7. The van der Waals surface area contributed by atoms with Gasteiger partial charge < -0.3 is 19.7 Å². The summed E-state index contributed by atoms with van der Waals surface area (Å²) in [7, 11) is 1.63. The summed E-state index contributed by atoms with van der Waals surface area (Å²) < 4.78 is 6.43. The minimum atomic E-state index is -0.370. The lowest BCUT2D eigenvalue weighted by atomic mass is 10.2. The fourth-order valence-electron chi connectivity index (χ4n) is 2.04. The number of rotatable bonds is 7. The first-order valence-corrected chi connectivity index (χ1v) is 6.87. The Morgan fingerprint density at radius 1 is 1.24 bits per heavy atom. The van der Waals surface area contributed by atoms with Crippen LogP contribution in [-0.4, -0.2) is 29.9 Å². The van der Waals surface area contributed by atoms with Gasteiger partial charge in [-0.3, -0.25) is 4.79 Å². The second-order valence-corrected chi connectivity index (χ2v) is 4.78. The molecule has 2 N–H and O–H groups in total. The van der Waals surface area contributed by atoms with Crippen LogP contribution in [0.2, 0.25) is 0 Å². The van der Waals surface area contributed by atoms with E-state index < -0.39 is 0 Å². The van der Waals surface area contributed by atoms with Crippen molar-refractivity contribution in [1.29, 1.82) is 0 Å². The van der Waals surface area contributed by atoms with Gasteiger partial charge in [-0.2, -0.15) is 0 Å². The number of nitrogens with zero attached hydrogens (tertiary/aromatic N) is 1. The van der Waals surface area contributed by atoms with Crippen LogP contribution in [0.25, 0.3) is 0 Å². The lowest BCUT2D eigenvalue weighted by Gasteiger charge is -2.10. The zero-order valence-electron chi connectivity index (χ0n) is 12.1. The highest BCUT2D eigenvalue weighted by Crippen LogP contribution is 2.11. The van der Waals surface area contributed by atoms with E-state index >= 15 is 0 Å². The van der Waals surface area contributed by atoms with Gasteiger partial charge in [-0.05, 0) is 11.6 Å². The Hall–Kier alpha value is -2.11. The van der Waals surface area contributed by atoms with Crippen molar-refractivity contribution >= 4 is 0 Å². The fourth-order valence-corrected chi connectivity index (χ4v) is 2.04. The monoisotopic (exact) mass is 288 g/mol. The van der Waals surface area contributed by atoms with Gasteiger partial charge in [-0.1, -0.05) is 30.3 Å². The standard InChI is InChI=1S/C16H20N2O3/c1-21-10-8-17-11-14-7-9-18(16(20)15(14)19)12-13-5-3-2-4-6-13/h2-7,9,17,19H,8,10-12H2,1H3. The van der Waals surface area contributed by atoms with Crippen LogP contribution in [0.3, 0.4) is 0 Å². The zero-order valence-corrected chi connectivity index (χ0v) is 12.1. The van der Waals surface area contributed by atoms with Gasteiger partial charge in [0.15, 0.2) is 5.75 Å². The Balaban J connectivity index is 2.08. The van der Waals surface area contributed by atoms with Crippen LogP contribution in [0.5, 0.6) is 5.75 Å². The maximum atomic E-state index is 12.1. The summed E-state index contributed by atoms with van der Waals surface area (Å²) in [4.78, 5) is 12.1. The van der Waals surface area contributed by atoms with Gasteiger partial charge in [0.25, 0.3) is 5.56 Å². The quantitative estimate of drug-likeness (QED) is 0.755. The molecule has 0 saturated carbocycles. The molecule has 5 nitrogen and oxygen atoms in total. The molecule has 1 heterocycles. The Labute approximate surface area is 123 Å². The highest BCUT2D eigenvalue weighted by atomic mass is 16.5. The van der Waals surface area contributed by atoms with E-state index in [4.69, 9.17) is 4.74 Å². The number of benzene rings is 1. The van der Waals surface area contributed by atoms with Crippen LogP contribution < -0.4 is 10.9 Å². The van der Waals surface area contributed by atoms with E-state index in [-0.39, 0.29) is 11.3 Å². The van der Waals surface area contributed by atoms with Gasteiger partial charge in [0.05, 0.1) is 13.2 Å². The topological polar surface area (TPSA) is 63.5 Å². The Kier molecular flexibility index (Phi) is 5.54. The molecule has 0 aliphatic heterocycles. The lowest BCUT2D eigenvalue weighted by molar-refractivity contribution is 0.199. The van der Waals surface area contributed by atoms with Gasteiger partial charge in [0.1, 0.15) is 0 Å². The van der Waals surface area contributed by atoms with Gasteiger partial charge in [-0.25, -0.2) is 0 Å². The molecule has 112 valence electrons. The molecule has 2 aromatic rings. The average Bonchev–Trinajstić information content (AvgIpc) is 2.51. The molecule has 0 aliphatic carbocycles. The van der Waals surface area contributed by atoms with Crippen LogP contribution >= 0.6 is 0 Å². The summed E-state index contributed by atoms with van der Waals surface area (Å²) in [5, 5.41) is 13.1. The SMILES string of the molecule is COCCNCc1ccn(Cc2ccccc2)c(=O)c1O. The van der Waals surface area contributed by atoms with Crippen LogP contribution in [0.4, 0.5) is 0 Å². The highest BCUT2D eigenvalue weighted by Gasteiger charge is 2.08. The lowest BCUT2D eigenvalue weighted by Crippen LogP contribution is -2.23. The molecular formula is C16H20N2O3. The Bertz CT molecular complexity index is 623. The second kappa shape index (κ2) is 7.61. The Morgan fingerprint density at radius 2 is 2.00 bits per heavy atom. The third-order valence-electron chi connectivity index (χ3n) is 3.22. The summed E-state index contributed by atoms with van der Waals surface area (Å²) in [6, 6.07) is 11.4. The number of hydrogen-bond donors (Lipinski definition) is 2. The summed E-state index contributed by atoms with van der Waals surface area (Å²) >= 11 is 0. The van der Waals surface area contributed by atoms with E-state index in [1.165, 1.54) is 4.57 Å². The molecule has 0 amide bonds. The molecular weight excluding hydrogens is 268 g/mol. The fraction of sp³-hybridized carbons (Fsp3) is 0.312. The van der Waals surface area contributed by atoms with E-state index in [0.29, 0.717) is 31.8 Å². The predicted molar refractivity (Wildman–Crippen MR) is 81.5 cm³/mol. The summed E-state index contributed by atoms with van der Waals surface area (Å²) in [5.74, 6) is -0.196. The largest absolute Gasteiger partial charge is 0.503 e. The number of aromatic nitrogens is 1. The van der Waals surface area contributed by atoms with Crippen molar-refractivity contribution in [3.63, 3.8) is 0 Å². The van der Waals surface area contributed by atoms with E-state index in [1.807, 2.05) is 30.3 Å². The van der Waals surface area contributed by atoms with E-state index in [0.717, 1.165) is 5.56 Å². The smallest absolute Gasteiger partial charge is 0.293 e. The third-order valence-corrected chi connectivity index (χ3v) is 3.22. The molecule has 5 heteroatoms. The first-order valence-electron chi connectivity index (χ1n) is 6.87. The van der Waals surface area contributed by atoms with E-state index in [9.17, 15) is 9.90 Å². The number of pyridine rings is 1. The number of aromatic hydroxyl groups is 1. The van der Waals surface area contributed by atoms with Crippen LogP contribution in [-0.2, 0) is 17.8 Å². The molecule has 0 aliphatic rings. The van der Waals surface area contributed by atoms with Crippen molar-refractivity contribution in [1.82, 2.24) is 9.88 Å². The number of methoxy groups -OCH3 is 1. The zero-order chi connectivity index (χ0) is 15.1. The summed E-state index contributed by atoms with van der Waals surface area (Å²) in [5.41, 5.74) is 1.25. The van der Waals surface area contributed by atoms with Gasteiger partial charge in [-0.15, -0.1) is 0 Å². The molecule has 0 fully saturated rings. The van der Waals surface area contributed by atoms with Crippen molar-refractivity contribution in [3.8, 4) is 5.75 Å². The predicted octanol–water partition coefficient (Wildman–Crippen LogP) is 1.34. The first kappa shape index (κ1) is 15.3. The molecule has 0 atom stereocenters.